The minimum atomic E-state index is -2.84. The van der Waals surface area contributed by atoms with Gasteiger partial charge in [-0.15, -0.1) is 0 Å². The second kappa shape index (κ2) is 10.1. The first-order valence-corrected chi connectivity index (χ1v) is 9.14. The van der Waals surface area contributed by atoms with Crippen LogP contribution in [0.1, 0.15) is 23.2 Å². The van der Waals surface area contributed by atoms with Crippen molar-refractivity contribution in [1.29, 1.82) is 0 Å². The number of carbonyl (C=O) groups is 2. The largest absolute Gasteiger partial charge is 0.481 e. The smallest absolute Gasteiger partial charge is 0.362 e. The molecule has 1 aliphatic rings. The summed E-state index contributed by atoms with van der Waals surface area (Å²) in [6, 6.07) is 9.81. The van der Waals surface area contributed by atoms with Crippen LogP contribution in [0, 0.1) is 5.92 Å². The molecule has 0 aliphatic heterocycles. The molecule has 28 heavy (non-hydrogen) atoms. The quantitative estimate of drug-likeness (QED) is 0.747. The first-order chi connectivity index (χ1) is 13.4. The lowest BCUT2D eigenvalue weighted by Crippen LogP contribution is -2.10. The molecule has 0 radical (unpaired) electrons. The number of nitrogens with zero attached hydrogens (tertiary/aromatic N) is 3. The number of aromatic nitrogens is 2. The van der Waals surface area contributed by atoms with E-state index >= 15 is 0 Å². The van der Waals surface area contributed by atoms with E-state index in [2.05, 4.69) is 14.3 Å². The highest BCUT2D eigenvalue weighted by Crippen LogP contribution is 2.32. The van der Waals surface area contributed by atoms with Crippen LogP contribution in [-0.2, 0) is 10.5 Å². The van der Waals surface area contributed by atoms with Crippen LogP contribution in [0.4, 0.5) is 10.7 Å². The molecular weight excluding hydrogens is 388 g/mol. The Bertz CT molecular complexity index is 944. The van der Waals surface area contributed by atoms with Crippen molar-refractivity contribution in [2.24, 2.45) is 10.3 Å². The summed E-state index contributed by atoms with van der Waals surface area (Å²) in [6.07, 6.45) is 2.18. The minimum absolute atomic E-state index is 0.149. The second-order valence-electron chi connectivity index (χ2n) is 5.52. The molecule has 1 aromatic heterocycles. The molecule has 2 aromatic rings. The number of carbonyl (C=O) groups excluding carboxylic acids is 2. The van der Waals surface area contributed by atoms with E-state index in [1.165, 1.54) is 20.3 Å². The molecule has 0 unspecified atom stereocenters. The monoisotopic (exact) mass is 406 g/mol. The number of nitrogens with one attached hydrogen (secondary N) is 1. The molecular formula is C17H18N4O6S. The molecule has 1 saturated carbocycles. The van der Waals surface area contributed by atoms with E-state index in [0.717, 1.165) is 18.4 Å². The van der Waals surface area contributed by atoms with E-state index in [4.69, 9.17) is 9.47 Å². The van der Waals surface area contributed by atoms with Crippen molar-refractivity contribution in [2.45, 2.75) is 12.8 Å². The summed E-state index contributed by atoms with van der Waals surface area (Å²) >= 11 is 0. The van der Waals surface area contributed by atoms with Gasteiger partial charge in [0.15, 0.2) is 5.78 Å². The number of hydrogen-bond donors (Lipinski definition) is 1. The van der Waals surface area contributed by atoms with Gasteiger partial charge in [-0.3, -0.25) is 10.1 Å². The number of rotatable bonds is 5. The molecule has 1 aromatic carbocycles. The minimum Gasteiger partial charge on any atom is -0.481 e. The molecule has 1 heterocycles. The predicted molar refractivity (Wildman–Crippen MR) is 99.0 cm³/mol. The number of hydrogen-bond acceptors (Lipinski definition) is 8. The average Bonchev–Trinajstić information content (AvgIpc) is 3.52. The zero-order chi connectivity index (χ0) is 20.5. The van der Waals surface area contributed by atoms with E-state index in [1.54, 1.807) is 0 Å². The van der Waals surface area contributed by atoms with Gasteiger partial charge in [0.1, 0.15) is 0 Å². The van der Waals surface area contributed by atoms with Crippen molar-refractivity contribution < 1.29 is 27.5 Å². The summed E-state index contributed by atoms with van der Waals surface area (Å²) in [4.78, 5) is 29.9. The zero-order valence-electron chi connectivity index (χ0n) is 15.2. The van der Waals surface area contributed by atoms with E-state index in [1.807, 2.05) is 35.6 Å². The maximum Gasteiger partial charge on any atom is 0.362 e. The lowest BCUT2D eigenvalue weighted by atomic mass is 10.1. The SMILES string of the molecule is COc1cc(OC)nc(NC(=O)N=S(=O)=O)n1.O=C(c1ccccc1)C1CC1. The van der Waals surface area contributed by atoms with Crippen LogP contribution >= 0.6 is 0 Å². The lowest BCUT2D eigenvalue weighted by Gasteiger charge is -2.05. The number of Topliss-reactive ketones (excluding diaryl/α,β-unsaturated/α-hetero) is 1. The van der Waals surface area contributed by atoms with Gasteiger partial charge < -0.3 is 9.47 Å². The highest BCUT2D eigenvalue weighted by Gasteiger charge is 2.29. The van der Waals surface area contributed by atoms with Gasteiger partial charge >= 0.3 is 16.5 Å². The number of ketones is 1. The van der Waals surface area contributed by atoms with Crippen LogP contribution in [0.3, 0.4) is 0 Å². The number of urea groups is 1. The van der Waals surface area contributed by atoms with Crippen molar-refractivity contribution in [3.05, 3.63) is 42.0 Å². The van der Waals surface area contributed by atoms with E-state index in [-0.39, 0.29) is 17.7 Å². The maximum absolute atomic E-state index is 11.4. The van der Waals surface area contributed by atoms with Crippen molar-refractivity contribution in [1.82, 2.24) is 9.97 Å². The van der Waals surface area contributed by atoms with E-state index < -0.39 is 16.5 Å². The fourth-order valence-electron chi connectivity index (χ4n) is 2.04. The summed E-state index contributed by atoms with van der Waals surface area (Å²) in [5.74, 6) is 0.786. The van der Waals surface area contributed by atoms with Gasteiger partial charge in [-0.2, -0.15) is 18.4 Å². The molecule has 0 saturated heterocycles. The van der Waals surface area contributed by atoms with Gasteiger partial charge in [-0.25, -0.2) is 4.79 Å². The van der Waals surface area contributed by atoms with Crippen molar-refractivity contribution in [3.8, 4) is 11.8 Å². The van der Waals surface area contributed by atoms with Crippen molar-refractivity contribution in [2.75, 3.05) is 19.5 Å². The van der Waals surface area contributed by atoms with Gasteiger partial charge in [-0.1, -0.05) is 34.7 Å². The normalized spacial score (nSPS) is 12.1. The van der Waals surface area contributed by atoms with Crippen LogP contribution in [0.5, 0.6) is 11.8 Å². The molecule has 1 N–H and O–H groups in total. The third kappa shape index (κ3) is 6.76. The Morgan fingerprint density at radius 3 is 2.11 bits per heavy atom. The molecule has 11 heteroatoms. The lowest BCUT2D eigenvalue weighted by molar-refractivity contribution is 0.0967. The van der Waals surface area contributed by atoms with Crippen molar-refractivity contribution >= 4 is 28.3 Å². The zero-order valence-corrected chi connectivity index (χ0v) is 16.0. The third-order valence-electron chi connectivity index (χ3n) is 3.48. The number of amides is 2. The average molecular weight is 406 g/mol. The van der Waals surface area contributed by atoms with Gasteiger partial charge in [0.25, 0.3) is 0 Å². The van der Waals surface area contributed by atoms with E-state index in [0.29, 0.717) is 11.7 Å². The number of anilines is 1. The Labute approximate surface area is 162 Å². The summed E-state index contributed by atoms with van der Waals surface area (Å²) in [7, 11) is -0.108. The van der Waals surface area contributed by atoms with Crippen LogP contribution < -0.4 is 14.8 Å². The molecule has 148 valence electrons. The van der Waals surface area contributed by atoms with Gasteiger partial charge in [-0.05, 0) is 12.8 Å². The Hall–Kier alpha value is -3.34. The molecule has 2 amide bonds. The Morgan fingerprint density at radius 2 is 1.64 bits per heavy atom. The fourth-order valence-corrected chi connectivity index (χ4v) is 2.22. The Kier molecular flexibility index (Phi) is 7.57. The maximum atomic E-state index is 11.4. The van der Waals surface area contributed by atoms with Crippen LogP contribution in [0.2, 0.25) is 0 Å². The topological polar surface area (TPSA) is 137 Å². The van der Waals surface area contributed by atoms with Gasteiger partial charge in [0.05, 0.1) is 20.3 Å². The highest BCUT2D eigenvalue weighted by atomic mass is 32.2. The predicted octanol–water partition coefficient (Wildman–Crippen LogP) is 2.37. The molecule has 1 aliphatic carbocycles. The Balaban J connectivity index is 0.000000218. The number of benzene rings is 1. The molecule has 3 rings (SSSR count). The Morgan fingerprint density at radius 1 is 1.07 bits per heavy atom. The van der Waals surface area contributed by atoms with Crippen LogP contribution in [0.25, 0.3) is 0 Å². The first-order valence-electron chi connectivity index (χ1n) is 8.11. The molecule has 0 spiro atoms. The summed E-state index contributed by atoms with van der Waals surface area (Å²) in [6.45, 7) is 0. The third-order valence-corrected chi connectivity index (χ3v) is 3.79. The molecule has 10 nitrogen and oxygen atoms in total. The summed E-state index contributed by atoms with van der Waals surface area (Å²) < 4.78 is 32.6. The van der Waals surface area contributed by atoms with Gasteiger partial charge in [0, 0.05) is 11.5 Å². The molecule has 0 atom stereocenters. The highest BCUT2D eigenvalue weighted by molar-refractivity contribution is 7.62. The number of methoxy groups -OCH3 is 2. The number of ether oxygens (including phenoxy) is 2. The fraction of sp³-hybridized carbons (Fsp3) is 0.294. The van der Waals surface area contributed by atoms with Crippen LogP contribution in [-0.4, -0.2) is 44.4 Å². The van der Waals surface area contributed by atoms with Crippen LogP contribution in [0.15, 0.2) is 40.8 Å². The molecule has 1 fully saturated rings. The molecule has 0 bridgehead atoms. The summed E-state index contributed by atoms with van der Waals surface area (Å²) in [5, 5.41) is 2.04. The summed E-state index contributed by atoms with van der Waals surface area (Å²) in [5.41, 5.74) is 0.870. The standard InChI is InChI=1S/C10H10O.C7H8N4O5S/c11-10(9-6-7-9)8-4-2-1-3-5-8;1-15-4-3-5(16-2)9-6(8-4)10-7(12)11-17(13)14/h1-5,9H,6-7H2;3H,1-2H3,(H,8,9,10,12). The van der Waals surface area contributed by atoms with Crippen molar-refractivity contribution in [3.63, 3.8) is 0 Å². The van der Waals surface area contributed by atoms with Gasteiger partial charge in [0.2, 0.25) is 17.7 Å². The van der Waals surface area contributed by atoms with E-state index in [9.17, 15) is 18.0 Å². The second-order valence-corrected chi connectivity index (χ2v) is 6.14. The first kappa shape index (κ1) is 21.0.